The molecule has 18 heteroatoms. The number of nitrogens with zero attached hydrogens (tertiary/aromatic N) is 18. The van der Waals surface area contributed by atoms with Crippen molar-refractivity contribution in [1.82, 2.24) is 24.1 Å². The highest BCUT2D eigenvalue weighted by molar-refractivity contribution is 6.15. The van der Waals surface area contributed by atoms with Gasteiger partial charge in [-0.05, 0) is 156 Å². The van der Waals surface area contributed by atoms with Gasteiger partial charge < -0.3 is 9.13 Å². The number of fused-ring (bicyclic) bond motifs is 6. The number of benzene rings is 12. The molecule has 0 N–H and O–H groups in total. The first-order valence-corrected chi connectivity index (χ1v) is 32.2. The van der Waals surface area contributed by atoms with Crippen molar-refractivity contribution < 1.29 is 0 Å². The van der Waals surface area contributed by atoms with Crippen molar-refractivity contribution in [2.24, 2.45) is 0 Å². The second-order valence-electron chi connectivity index (χ2n) is 24.3. The zero-order valence-corrected chi connectivity index (χ0v) is 54.8. The summed E-state index contributed by atoms with van der Waals surface area (Å²) < 4.78 is 4.01. The smallest absolute Gasteiger partial charge is 0.164 e. The third-order valence-electron chi connectivity index (χ3n) is 18.6. The Bertz CT molecular complexity index is 6560. The van der Waals surface area contributed by atoms with Crippen molar-refractivity contribution in [2.75, 3.05) is 0 Å². The van der Waals surface area contributed by atoms with Crippen LogP contribution in [0.3, 0.4) is 0 Å². The van der Waals surface area contributed by atoms with Crippen LogP contribution in [-0.2, 0) is 0 Å². The van der Waals surface area contributed by atoms with Crippen molar-refractivity contribution in [3.8, 4) is 180 Å². The van der Waals surface area contributed by atoms with Gasteiger partial charge in [0.1, 0.15) is 0 Å². The van der Waals surface area contributed by atoms with E-state index in [2.05, 4.69) is 66.8 Å². The fraction of sp³-hybridized carbons (Fsp3) is 0. The van der Waals surface area contributed by atoms with E-state index in [0.717, 1.165) is 0 Å². The Morgan fingerprint density at radius 3 is 0.736 bits per heavy atom. The van der Waals surface area contributed by atoms with Gasteiger partial charge in [0.05, 0.1) is 185 Å². The zero-order chi connectivity index (χ0) is 73.4. The van der Waals surface area contributed by atoms with E-state index in [9.17, 15) is 68.4 Å². The molecule has 106 heavy (non-hydrogen) atoms. The SMILES string of the molecule is N#Cc1cc(C#N)c(-c2ccc3c(c2)c2cc(-c4c(C#N)cc(C#N)cc4C#N)ccc2n3-c2ccc(C#N)cc2-c2cc(-c3nc(-c4ccccc4)nc(-c4ccccc4)n3)ccc2-n2c3ccc(-c4c(C#N)cc(C#N)cc4C#N)cc3c3cc(-c4c(C#N)cc(C#N)cc4C#N)ccc32)c(C#N)c1. The van der Waals surface area contributed by atoms with Crippen molar-refractivity contribution in [3.63, 3.8) is 0 Å². The molecule has 0 radical (unpaired) electrons. The molecule has 0 aliphatic carbocycles. The van der Waals surface area contributed by atoms with E-state index in [-0.39, 0.29) is 100 Å². The van der Waals surface area contributed by atoms with Crippen LogP contribution in [0, 0.1) is 147 Å². The first-order valence-electron chi connectivity index (χ1n) is 32.2. The summed E-state index contributed by atoms with van der Waals surface area (Å²) in [5.41, 5.74) is 10.2. The molecular formula is C88H36N18. The predicted octanol–water partition coefficient (Wildman–Crippen LogP) is 17.7. The maximum absolute atomic E-state index is 11.2. The quantitative estimate of drug-likeness (QED) is 0.123. The molecule has 0 amide bonds. The Morgan fingerprint density at radius 1 is 0.208 bits per heavy atom. The van der Waals surface area contributed by atoms with E-state index in [1.807, 2.05) is 155 Å². The molecule has 478 valence electrons. The summed E-state index contributed by atoms with van der Waals surface area (Å²) >= 11 is 0. The predicted molar refractivity (Wildman–Crippen MR) is 393 cm³/mol. The van der Waals surface area contributed by atoms with Gasteiger partial charge >= 0.3 is 0 Å². The molecule has 0 aliphatic heterocycles. The van der Waals surface area contributed by atoms with Crippen molar-refractivity contribution >= 4 is 43.6 Å². The van der Waals surface area contributed by atoms with Gasteiger partial charge in [-0.2, -0.15) is 68.4 Å². The molecule has 0 fully saturated rings. The molecule has 0 unspecified atom stereocenters. The van der Waals surface area contributed by atoms with Crippen LogP contribution >= 0.6 is 0 Å². The number of aromatic nitrogens is 5. The lowest BCUT2D eigenvalue weighted by atomic mass is 9.91. The minimum atomic E-state index is 0.0692. The van der Waals surface area contributed by atoms with Gasteiger partial charge in [0.25, 0.3) is 0 Å². The topological polar surface area (TPSA) is 358 Å². The minimum absolute atomic E-state index is 0.0692. The van der Waals surface area contributed by atoms with Crippen molar-refractivity contribution in [2.45, 2.75) is 0 Å². The third-order valence-corrected chi connectivity index (χ3v) is 18.6. The van der Waals surface area contributed by atoms with Gasteiger partial charge in [-0.3, -0.25) is 0 Å². The first-order chi connectivity index (χ1) is 51.9. The van der Waals surface area contributed by atoms with Crippen molar-refractivity contribution in [3.05, 3.63) is 291 Å². The number of hydrogen-bond acceptors (Lipinski definition) is 16. The Morgan fingerprint density at radius 2 is 0.462 bits per heavy atom. The average molecular weight is 1350 g/mol. The van der Waals surface area contributed by atoms with Crippen LogP contribution in [0.5, 0.6) is 0 Å². The minimum Gasteiger partial charge on any atom is -0.309 e. The van der Waals surface area contributed by atoms with Crippen LogP contribution in [0.15, 0.2) is 218 Å². The Balaban J connectivity index is 1.08. The van der Waals surface area contributed by atoms with E-state index in [4.69, 9.17) is 15.0 Å². The lowest BCUT2D eigenvalue weighted by Gasteiger charge is -2.20. The molecule has 0 saturated carbocycles. The van der Waals surface area contributed by atoms with Gasteiger partial charge in [0.2, 0.25) is 0 Å². The molecule has 0 aliphatic rings. The van der Waals surface area contributed by atoms with E-state index < -0.39 is 0 Å². The highest BCUT2D eigenvalue weighted by atomic mass is 15.0. The summed E-state index contributed by atoms with van der Waals surface area (Å²) in [6, 6.07) is 91.1. The molecule has 12 aromatic carbocycles. The summed E-state index contributed by atoms with van der Waals surface area (Å²) in [6.07, 6.45) is 0. The third kappa shape index (κ3) is 10.8. The standard InChI is InChI=1S/C88H36N18/c89-37-50-11-17-76(105-77-18-12-57(82-62(42-94)23-51(38-90)24-63(82)43-95)32-71(77)72-33-58(13-19-78(72)105)83-64(44-96)25-52(39-91)26-65(83)45-97)70(31-50)75-36-61(88-103-86(55-7-3-1-4-8-55)102-87(104-88)56-9-5-2-6-10-56)16-22-81(75)106-79-20-14-59(84-66(46-98)27-53(40-92)28-67(84)47-99)34-73(79)74-35-60(15-21-80(74)106)85-68(48-100)29-54(41-93)30-69(85)49-101/h1-36H. The Hall–Kier alpha value is -17.4. The Kier molecular flexibility index (Phi) is 16.1. The monoisotopic (exact) mass is 1340 g/mol. The summed E-state index contributed by atoms with van der Waals surface area (Å²) in [5, 5.41) is 139. The number of hydrogen-bond donors (Lipinski definition) is 0. The highest BCUT2D eigenvalue weighted by Crippen LogP contribution is 2.47. The lowest BCUT2D eigenvalue weighted by Crippen LogP contribution is -2.04. The fourth-order valence-electron chi connectivity index (χ4n) is 14.0. The van der Waals surface area contributed by atoms with Gasteiger partial charge in [-0.1, -0.05) is 84.9 Å². The largest absolute Gasteiger partial charge is 0.309 e. The number of nitriles is 13. The van der Waals surface area contributed by atoms with Crippen LogP contribution in [0.1, 0.15) is 72.3 Å². The molecule has 15 rings (SSSR count). The van der Waals surface area contributed by atoms with Crippen LogP contribution in [0.2, 0.25) is 0 Å². The van der Waals surface area contributed by atoms with E-state index in [1.54, 1.807) is 36.4 Å². The van der Waals surface area contributed by atoms with Gasteiger partial charge in [0.15, 0.2) is 17.5 Å². The average Bonchev–Trinajstić information content (AvgIpc) is 1.56. The van der Waals surface area contributed by atoms with Crippen LogP contribution in [0.4, 0.5) is 0 Å². The van der Waals surface area contributed by atoms with Crippen LogP contribution in [0.25, 0.3) is 145 Å². The fourth-order valence-corrected chi connectivity index (χ4v) is 14.0. The molecule has 3 heterocycles. The van der Waals surface area contributed by atoms with E-state index in [0.29, 0.717) is 117 Å². The summed E-state index contributed by atoms with van der Waals surface area (Å²) in [5.74, 6) is 1.02. The van der Waals surface area contributed by atoms with Crippen LogP contribution < -0.4 is 0 Å². The summed E-state index contributed by atoms with van der Waals surface area (Å²) in [6.45, 7) is 0. The second-order valence-corrected chi connectivity index (χ2v) is 24.3. The van der Waals surface area contributed by atoms with Gasteiger partial charge in [-0.25, -0.2) is 15.0 Å². The van der Waals surface area contributed by atoms with Gasteiger partial charge in [0, 0.05) is 71.6 Å². The number of rotatable bonds is 10. The maximum atomic E-state index is 11.2. The molecule has 15 aromatic rings. The van der Waals surface area contributed by atoms with Gasteiger partial charge in [-0.15, -0.1) is 0 Å². The first kappa shape index (κ1) is 64.6. The van der Waals surface area contributed by atoms with E-state index in [1.165, 1.54) is 48.5 Å². The molecule has 3 aromatic heterocycles. The molecular weight excluding hydrogens is 1310 g/mol. The highest BCUT2D eigenvalue weighted by Gasteiger charge is 2.28. The Labute approximate surface area is 603 Å². The molecule has 0 atom stereocenters. The summed E-state index contributed by atoms with van der Waals surface area (Å²) in [7, 11) is 0. The molecule has 18 nitrogen and oxygen atoms in total. The molecule has 0 spiro atoms. The summed E-state index contributed by atoms with van der Waals surface area (Å²) in [4.78, 5) is 15.4. The van der Waals surface area contributed by atoms with E-state index >= 15 is 0 Å². The normalized spacial score (nSPS) is 10.5. The zero-order valence-electron chi connectivity index (χ0n) is 54.8. The second kappa shape index (κ2) is 26.5. The maximum Gasteiger partial charge on any atom is 0.164 e. The molecule has 0 bridgehead atoms. The molecule has 0 saturated heterocycles. The lowest BCUT2D eigenvalue weighted by molar-refractivity contribution is 1.07. The van der Waals surface area contributed by atoms with Crippen molar-refractivity contribution in [1.29, 1.82) is 68.4 Å². The van der Waals surface area contributed by atoms with Crippen LogP contribution in [-0.4, -0.2) is 24.1 Å².